The van der Waals surface area contributed by atoms with Gasteiger partial charge >= 0.3 is 0 Å². The smallest absolute Gasteiger partial charge is 0.230 e. The highest BCUT2D eigenvalue weighted by atomic mass is 32.2. The fraction of sp³-hybridized carbons (Fsp3) is 0.917. The van der Waals surface area contributed by atoms with Crippen molar-refractivity contribution in [3.63, 3.8) is 0 Å². The molecule has 1 amide bonds. The molecule has 0 heterocycles. The number of hydrogen-bond acceptors (Lipinski definition) is 3. The van der Waals surface area contributed by atoms with Crippen molar-refractivity contribution in [1.82, 2.24) is 5.32 Å². The van der Waals surface area contributed by atoms with Gasteiger partial charge in [-0.1, -0.05) is 20.3 Å². The van der Waals surface area contributed by atoms with Gasteiger partial charge < -0.3 is 10.4 Å². The highest BCUT2D eigenvalue weighted by molar-refractivity contribution is 7.99. The summed E-state index contributed by atoms with van der Waals surface area (Å²) >= 11 is 1.68. The first-order chi connectivity index (χ1) is 7.58. The number of carbonyl (C=O) groups is 1. The van der Waals surface area contributed by atoms with Crippen LogP contribution >= 0.6 is 11.8 Å². The average molecular weight is 247 g/mol. The quantitative estimate of drug-likeness (QED) is 0.614. The van der Waals surface area contributed by atoms with Gasteiger partial charge in [0.2, 0.25) is 5.91 Å². The third-order valence-corrected chi connectivity index (χ3v) is 3.80. The van der Waals surface area contributed by atoms with Crippen LogP contribution in [0.25, 0.3) is 0 Å². The van der Waals surface area contributed by atoms with Crippen LogP contribution in [-0.4, -0.2) is 34.7 Å². The summed E-state index contributed by atoms with van der Waals surface area (Å²) in [6.07, 6.45) is 3.80. The summed E-state index contributed by atoms with van der Waals surface area (Å²) in [5, 5.41) is 11.9. The van der Waals surface area contributed by atoms with Crippen LogP contribution in [0.1, 0.15) is 46.5 Å². The first-order valence-corrected chi connectivity index (χ1v) is 7.23. The Labute approximate surface area is 103 Å². The zero-order chi connectivity index (χ0) is 12.4. The Kier molecular flexibility index (Phi) is 8.76. The van der Waals surface area contributed by atoms with Gasteiger partial charge in [0.15, 0.2) is 0 Å². The number of rotatable bonds is 9. The number of thioether (sulfide) groups is 1. The van der Waals surface area contributed by atoms with Gasteiger partial charge in [-0.05, 0) is 31.9 Å². The topological polar surface area (TPSA) is 49.3 Å². The van der Waals surface area contributed by atoms with E-state index < -0.39 is 0 Å². The molecule has 0 spiro atoms. The lowest BCUT2D eigenvalue weighted by atomic mass is 9.95. The number of carbonyl (C=O) groups excluding carboxylic acids is 1. The number of hydrogen-bond donors (Lipinski definition) is 2. The first-order valence-electron chi connectivity index (χ1n) is 6.07. The van der Waals surface area contributed by atoms with Crippen LogP contribution in [0.5, 0.6) is 0 Å². The molecule has 0 aliphatic rings. The predicted octanol–water partition coefficient (Wildman–Crippen LogP) is 2.19. The highest BCUT2D eigenvalue weighted by Gasteiger charge is 2.23. The monoisotopic (exact) mass is 247 g/mol. The molecule has 16 heavy (non-hydrogen) atoms. The second kappa shape index (κ2) is 8.88. The molecule has 0 aromatic rings. The summed E-state index contributed by atoms with van der Waals surface area (Å²) in [4.78, 5) is 11.6. The fourth-order valence-corrected chi connectivity index (χ4v) is 2.25. The van der Waals surface area contributed by atoms with E-state index in [4.69, 9.17) is 5.11 Å². The summed E-state index contributed by atoms with van der Waals surface area (Å²) < 4.78 is 0. The Morgan fingerprint density at radius 1 is 1.44 bits per heavy atom. The summed E-state index contributed by atoms with van der Waals surface area (Å²) in [5.41, 5.74) is -0.253. The van der Waals surface area contributed by atoms with Crippen molar-refractivity contribution in [1.29, 1.82) is 0 Å². The summed E-state index contributed by atoms with van der Waals surface area (Å²) in [5.74, 6) is 1.66. The second-order valence-corrected chi connectivity index (χ2v) is 5.45. The van der Waals surface area contributed by atoms with E-state index in [0.717, 1.165) is 12.2 Å². The average Bonchev–Trinajstić information content (AvgIpc) is 2.25. The number of aliphatic hydroxyl groups excluding tert-OH is 1. The number of nitrogens with one attached hydrogen (secondary N) is 1. The fourth-order valence-electron chi connectivity index (χ4n) is 1.36. The second-order valence-electron chi connectivity index (χ2n) is 4.34. The van der Waals surface area contributed by atoms with Gasteiger partial charge in [0.25, 0.3) is 0 Å². The van der Waals surface area contributed by atoms with Gasteiger partial charge in [-0.15, -0.1) is 0 Å². The highest BCUT2D eigenvalue weighted by Crippen LogP contribution is 2.14. The molecular weight excluding hydrogens is 222 g/mol. The minimum absolute atomic E-state index is 0.0823. The van der Waals surface area contributed by atoms with Gasteiger partial charge in [-0.2, -0.15) is 11.8 Å². The molecule has 0 saturated heterocycles. The molecule has 0 bridgehead atoms. The van der Waals surface area contributed by atoms with E-state index in [0.29, 0.717) is 12.2 Å². The van der Waals surface area contributed by atoms with Crippen molar-refractivity contribution in [2.45, 2.75) is 52.0 Å². The molecule has 0 saturated carbocycles. The molecule has 1 atom stereocenters. The molecule has 96 valence electrons. The van der Waals surface area contributed by atoms with Gasteiger partial charge in [-0.25, -0.2) is 0 Å². The molecule has 2 N–H and O–H groups in total. The Bertz CT molecular complexity index is 199. The van der Waals surface area contributed by atoms with Crippen molar-refractivity contribution in [3.8, 4) is 0 Å². The molecule has 3 nitrogen and oxygen atoms in total. The zero-order valence-corrected chi connectivity index (χ0v) is 11.5. The van der Waals surface area contributed by atoms with E-state index >= 15 is 0 Å². The largest absolute Gasteiger partial charge is 0.396 e. The maximum atomic E-state index is 11.6. The molecule has 0 aromatic carbocycles. The van der Waals surface area contributed by atoms with Gasteiger partial charge in [-0.3, -0.25) is 4.79 Å². The van der Waals surface area contributed by atoms with E-state index in [1.807, 2.05) is 13.8 Å². The number of unbranched alkanes of at least 4 members (excludes halogenated alkanes) is 1. The van der Waals surface area contributed by atoms with E-state index in [-0.39, 0.29) is 18.1 Å². The first kappa shape index (κ1) is 15.8. The van der Waals surface area contributed by atoms with Crippen LogP contribution in [0.3, 0.4) is 0 Å². The van der Waals surface area contributed by atoms with Crippen molar-refractivity contribution < 1.29 is 9.90 Å². The van der Waals surface area contributed by atoms with Crippen LogP contribution in [0, 0.1) is 0 Å². The minimum Gasteiger partial charge on any atom is -0.396 e. The van der Waals surface area contributed by atoms with Crippen molar-refractivity contribution in [2.24, 2.45) is 0 Å². The molecule has 0 radical (unpaired) electrons. The van der Waals surface area contributed by atoms with E-state index in [2.05, 4.69) is 12.2 Å². The zero-order valence-electron chi connectivity index (χ0n) is 10.7. The van der Waals surface area contributed by atoms with Crippen molar-refractivity contribution in [2.75, 3.05) is 18.1 Å². The van der Waals surface area contributed by atoms with Crippen LogP contribution in [0.2, 0.25) is 0 Å². The Morgan fingerprint density at radius 2 is 2.12 bits per heavy atom. The summed E-state index contributed by atoms with van der Waals surface area (Å²) in [6.45, 7) is 6.28. The summed E-state index contributed by atoms with van der Waals surface area (Å²) in [7, 11) is 0. The molecular formula is C12H25NO2S. The van der Waals surface area contributed by atoms with Crippen molar-refractivity contribution >= 4 is 17.7 Å². The van der Waals surface area contributed by atoms with Crippen LogP contribution < -0.4 is 5.32 Å². The lowest BCUT2D eigenvalue weighted by Crippen LogP contribution is -2.46. The third kappa shape index (κ3) is 7.12. The maximum Gasteiger partial charge on any atom is 0.230 e. The molecule has 4 heteroatoms. The van der Waals surface area contributed by atoms with Crippen LogP contribution in [-0.2, 0) is 4.79 Å². The van der Waals surface area contributed by atoms with Gasteiger partial charge in [0.05, 0.1) is 5.75 Å². The lowest BCUT2D eigenvalue weighted by Gasteiger charge is -2.28. The van der Waals surface area contributed by atoms with Crippen molar-refractivity contribution in [3.05, 3.63) is 0 Å². The Hall–Kier alpha value is -0.220. The van der Waals surface area contributed by atoms with E-state index in [1.165, 1.54) is 12.8 Å². The van der Waals surface area contributed by atoms with Gasteiger partial charge in [0, 0.05) is 12.1 Å². The van der Waals surface area contributed by atoms with Crippen LogP contribution in [0.4, 0.5) is 0 Å². The standard InChI is InChI=1S/C12H25NO2S/c1-4-6-9-16-10-11(15)13-12(3,5-2)7-8-14/h14H,4-10H2,1-3H3,(H,13,15). The number of aliphatic hydroxyl groups is 1. The van der Waals surface area contributed by atoms with E-state index in [9.17, 15) is 4.79 Å². The molecule has 0 rings (SSSR count). The molecule has 0 fully saturated rings. The summed E-state index contributed by atoms with van der Waals surface area (Å²) in [6, 6.07) is 0. The predicted molar refractivity (Wildman–Crippen MR) is 70.8 cm³/mol. The van der Waals surface area contributed by atoms with Gasteiger partial charge in [0.1, 0.15) is 0 Å². The molecule has 0 aliphatic carbocycles. The normalized spacial score (nSPS) is 14.5. The Morgan fingerprint density at radius 3 is 2.62 bits per heavy atom. The third-order valence-electron chi connectivity index (χ3n) is 2.76. The molecule has 0 aliphatic heterocycles. The SMILES string of the molecule is CCCCSCC(=O)NC(C)(CC)CCO. The number of amides is 1. The van der Waals surface area contributed by atoms with E-state index in [1.54, 1.807) is 11.8 Å². The molecule has 0 aromatic heterocycles. The minimum atomic E-state index is -0.253. The van der Waals surface area contributed by atoms with Crippen LogP contribution in [0.15, 0.2) is 0 Å². The Balaban J connectivity index is 3.82. The molecule has 1 unspecified atom stereocenters. The lowest BCUT2D eigenvalue weighted by molar-refractivity contribution is -0.120. The maximum absolute atomic E-state index is 11.6.